The fourth-order valence-corrected chi connectivity index (χ4v) is 3.82. The summed E-state index contributed by atoms with van der Waals surface area (Å²) < 4.78 is 54.5. The van der Waals surface area contributed by atoms with Crippen LogP contribution in [0.1, 0.15) is 29.6 Å². The first-order valence-corrected chi connectivity index (χ1v) is 8.49. The Balaban J connectivity index is 1.68. The van der Waals surface area contributed by atoms with Crippen molar-refractivity contribution >= 4 is 11.9 Å². The second-order valence-corrected chi connectivity index (χ2v) is 6.83. The van der Waals surface area contributed by atoms with Crippen LogP contribution in [0.2, 0.25) is 0 Å². The largest absolute Gasteiger partial charge is 0.480 e. The van der Waals surface area contributed by atoms with E-state index in [1.165, 1.54) is 11.0 Å². The summed E-state index contributed by atoms with van der Waals surface area (Å²) in [6.45, 7) is -1.19. The molecule has 1 amide bonds. The lowest BCUT2D eigenvalue weighted by atomic mass is 9.94. The zero-order chi connectivity index (χ0) is 19.8. The summed E-state index contributed by atoms with van der Waals surface area (Å²) in [5.74, 6) is -6.13. The van der Waals surface area contributed by atoms with Gasteiger partial charge in [-0.3, -0.25) is 4.79 Å². The van der Waals surface area contributed by atoms with E-state index >= 15 is 0 Å². The van der Waals surface area contributed by atoms with E-state index < -0.39 is 36.9 Å². The molecule has 1 aromatic rings. The summed E-state index contributed by atoms with van der Waals surface area (Å²) in [4.78, 5) is 29.3. The standard InChI is InChI=1S/C17H18F4N2O4/c18-16(19)17(20,21)8-27-12-5-4-9(6-22-12)14(24)23-7-10-2-1-3-11(10)13(23)15(25)26/h4-6,10-11,13,16H,1-3,7-8H2,(H,25,26). The van der Waals surface area contributed by atoms with E-state index in [1.807, 2.05) is 0 Å². The van der Waals surface area contributed by atoms with Crippen LogP contribution in [0, 0.1) is 11.8 Å². The number of rotatable bonds is 6. The monoisotopic (exact) mass is 390 g/mol. The molecule has 10 heteroatoms. The molecule has 6 nitrogen and oxygen atoms in total. The first-order chi connectivity index (χ1) is 12.7. The molecular weight excluding hydrogens is 372 g/mol. The second kappa shape index (κ2) is 7.32. The number of hydrogen-bond donors (Lipinski definition) is 1. The lowest BCUT2D eigenvalue weighted by molar-refractivity contribution is -0.148. The third-order valence-electron chi connectivity index (χ3n) is 5.12. The highest BCUT2D eigenvalue weighted by Crippen LogP contribution is 2.42. The van der Waals surface area contributed by atoms with Gasteiger partial charge in [0.05, 0.1) is 5.56 Å². The van der Waals surface area contributed by atoms with Gasteiger partial charge < -0.3 is 14.7 Å². The van der Waals surface area contributed by atoms with Crippen molar-refractivity contribution in [3.8, 4) is 5.88 Å². The Morgan fingerprint density at radius 3 is 2.67 bits per heavy atom. The second-order valence-electron chi connectivity index (χ2n) is 6.83. The zero-order valence-electron chi connectivity index (χ0n) is 14.2. The number of alkyl halides is 4. The molecule has 0 spiro atoms. The minimum absolute atomic E-state index is 0.0707. The molecule has 0 bridgehead atoms. The van der Waals surface area contributed by atoms with Gasteiger partial charge in [-0.2, -0.15) is 8.78 Å². The molecular formula is C17H18F4N2O4. The Labute approximate surface area is 152 Å². The van der Waals surface area contributed by atoms with Crippen LogP contribution in [0.15, 0.2) is 18.3 Å². The van der Waals surface area contributed by atoms with E-state index in [2.05, 4.69) is 9.72 Å². The SMILES string of the molecule is O=C(O)C1C2CCCC2CN1C(=O)c1ccc(OCC(F)(F)C(F)F)nc1. The first-order valence-electron chi connectivity index (χ1n) is 8.49. The molecule has 27 heavy (non-hydrogen) atoms. The molecule has 1 aliphatic carbocycles. The average molecular weight is 390 g/mol. The van der Waals surface area contributed by atoms with Gasteiger partial charge in [0, 0.05) is 18.8 Å². The van der Waals surface area contributed by atoms with Gasteiger partial charge >= 0.3 is 18.3 Å². The molecule has 0 radical (unpaired) electrons. The summed E-state index contributed by atoms with van der Waals surface area (Å²) in [5.41, 5.74) is 0.0780. The Morgan fingerprint density at radius 2 is 2.07 bits per heavy atom. The Morgan fingerprint density at radius 1 is 1.33 bits per heavy atom. The first kappa shape index (κ1) is 19.4. The minimum Gasteiger partial charge on any atom is -0.480 e. The number of likely N-dealkylation sites (tertiary alicyclic amines) is 1. The molecule has 1 saturated carbocycles. The van der Waals surface area contributed by atoms with E-state index in [9.17, 15) is 32.3 Å². The molecule has 0 aromatic carbocycles. The van der Waals surface area contributed by atoms with Crippen LogP contribution in [0.25, 0.3) is 0 Å². The molecule has 1 aromatic heterocycles. The highest BCUT2D eigenvalue weighted by molar-refractivity contribution is 5.97. The summed E-state index contributed by atoms with van der Waals surface area (Å²) in [6, 6.07) is 1.46. The fraction of sp³-hybridized carbons (Fsp3) is 0.588. The number of aliphatic carboxylic acids is 1. The number of pyridine rings is 1. The van der Waals surface area contributed by atoms with Crippen molar-refractivity contribution < 1.29 is 37.0 Å². The molecule has 1 N–H and O–H groups in total. The number of nitrogens with zero attached hydrogens (tertiary/aromatic N) is 2. The van der Waals surface area contributed by atoms with Crippen molar-refractivity contribution in [3.05, 3.63) is 23.9 Å². The lowest BCUT2D eigenvalue weighted by Crippen LogP contribution is -2.43. The van der Waals surface area contributed by atoms with Crippen molar-refractivity contribution in [2.24, 2.45) is 11.8 Å². The topological polar surface area (TPSA) is 79.7 Å². The van der Waals surface area contributed by atoms with Crippen LogP contribution >= 0.6 is 0 Å². The third-order valence-corrected chi connectivity index (χ3v) is 5.12. The predicted octanol–water partition coefficient (Wildman–Crippen LogP) is 2.69. The van der Waals surface area contributed by atoms with Crippen molar-refractivity contribution in [3.63, 3.8) is 0 Å². The van der Waals surface area contributed by atoms with Crippen LogP contribution in [0.3, 0.4) is 0 Å². The number of carboxylic acid groups (broad SMARTS) is 1. The molecule has 3 atom stereocenters. The Hall–Kier alpha value is -2.39. The van der Waals surface area contributed by atoms with E-state index in [1.54, 1.807) is 0 Å². The van der Waals surface area contributed by atoms with Crippen LogP contribution in [-0.4, -0.2) is 58.4 Å². The van der Waals surface area contributed by atoms with Gasteiger partial charge in [0.1, 0.15) is 6.04 Å². The van der Waals surface area contributed by atoms with E-state index in [0.717, 1.165) is 31.5 Å². The van der Waals surface area contributed by atoms with Crippen LogP contribution in [0.4, 0.5) is 17.6 Å². The molecule has 2 heterocycles. The van der Waals surface area contributed by atoms with E-state index in [0.29, 0.717) is 6.54 Å². The number of amides is 1. The molecule has 3 unspecified atom stereocenters. The van der Waals surface area contributed by atoms with E-state index in [-0.39, 0.29) is 23.3 Å². The van der Waals surface area contributed by atoms with Crippen LogP contribution < -0.4 is 4.74 Å². The molecule has 1 saturated heterocycles. The third kappa shape index (κ3) is 3.84. The Kier molecular flexibility index (Phi) is 5.25. The predicted molar refractivity (Wildman–Crippen MR) is 84.0 cm³/mol. The normalized spacial score (nSPS) is 24.9. The summed E-state index contributed by atoms with van der Waals surface area (Å²) in [7, 11) is 0. The maximum absolute atomic E-state index is 12.9. The quantitative estimate of drug-likeness (QED) is 0.756. The smallest absolute Gasteiger partial charge is 0.340 e. The van der Waals surface area contributed by atoms with Crippen molar-refractivity contribution in [1.82, 2.24) is 9.88 Å². The Bertz CT molecular complexity index is 713. The van der Waals surface area contributed by atoms with Gasteiger partial charge in [0.15, 0.2) is 6.61 Å². The maximum Gasteiger partial charge on any atom is 0.340 e. The van der Waals surface area contributed by atoms with Crippen molar-refractivity contribution in [2.75, 3.05) is 13.2 Å². The summed E-state index contributed by atoms with van der Waals surface area (Å²) in [6.07, 6.45) is -0.222. The maximum atomic E-state index is 12.9. The van der Waals surface area contributed by atoms with Gasteiger partial charge in [-0.25, -0.2) is 18.6 Å². The molecule has 1 aliphatic heterocycles. The molecule has 2 aliphatic rings. The molecule has 2 fully saturated rings. The highest BCUT2D eigenvalue weighted by Gasteiger charge is 2.49. The van der Waals surface area contributed by atoms with Gasteiger partial charge in [0.25, 0.3) is 5.91 Å². The summed E-state index contributed by atoms with van der Waals surface area (Å²) in [5, 5.41) is 9.50. The van der Waals surface area contributed by atoms with Crippen LogP contribution in [0.5, 0.6) is 5.88 Å². The number of fused-ring (bicyclic) bond motifs is 1. The van der Waals surface area contributed by atoms with Crippen LogP contribution in [-0.2, 0) is 4.79 Å². The van der Waals surface area contributed by atoms with Crippen molar-refractivity contribution in [2.45, 2.75) is 37.7 Å². The number of carbonyl (C=O) groups is 2. The molecule has 148 valence electrons. The number of carbonyl (C=O) groups excluding carboxylic acids is 1. The number of carboxylic acids is 1. The summed E-state index contributed by atoms with van der Waals surface area (Å²) >= 11 is 0. The lowest BCUT2D eigenvalue weighted by Gasteiger charge is -2.24. The zero-order valence-corrected chi connectivity index (χ0v) is 14.2. The highest BCUT2D eigenvalue weighted by atomic mass is 19.3. The van der Waals surface area contributed by atoms with Gasteiger partial charge in [-0.05, 0) is 30.7 Å². The number of halogens is 4. The average Bonchev–Trinajstić information content (AvgIpc) is 3.20. The van der Waals surface area contributed by atoms with E-state index in [4.69, 9.17) is 0 Å². The van der Waals surface area contributed by atoms with Gasteiger partial charge in [0.2, 0.25) is 5.88 Å². The number of ether oxygens (including phenoxy) is 1. The number of hydrogen-bond acceptors (Lipinski definition) is 4. The minimum atomic E-state index is -4.31. The van der Waals surface area contributed by atoms with Crippen molar-refractivity contribution in [1.29, 1.82) is 0 Å². The molecule has 3 rings (SSSR count). The number of aromatic nitrogens is 1. The van der Waals surface area contributed by atoms with Gasteiger partial charge in [-0.1, -0.05) is 6.42 Å². The van der Waals surface area contributed by atoms with Gasteiger partial charge in [-0.15, -0.1) is 0 Å². The fourth-order valence-electron chi connectivity index (χ4n) is 3.82.